The first-order valence-corrected chi connectivity index (χ1v) is 12.6. The van der Waals surface area contributed by atoms with Crippen LogP contribution in [0.25, 0.3) is 5.70 Å². The smallest absolute Gasteiger partial charge is 0.406 e. The van der Waals surface area contributed by atoms with Crippen molar-refractivity contribution in [3.63, 3.8) is 0 Å². The molecule has 2 atom stereocenters. The van der Waals surface area contributed by atoms with Gasteiger partial charge in [-0.25, -0.2) is 4.68 Å². The number of likely N-dealkylation sites (tertiary alicyclic amines) is 2. The van der Waals surface area contributed by atoms with Crippen LogP contribution in [0.3, 0.4) is 0 Å². The number of aryl methyl sites for hydroxylation is 1. The molecule has 1 amide bonds. The predicted octanol–water partition coefficient (Wildman–Crippen LogP) is 4.60. The van der Waals surface area contributed by atoms with Crippen molar-refractivity contribution in [3.8, 4) is 0 Å². The van der Waals surface area contributed by atoms with Gasteiger partial charge in [-0.3, -0.25) is 9.69 Å². The molecule has 1 saturated carbocycles. The Labute approximate surface area is 209 Å². The number of aliphatic hydroxyl groups excluding tert-OH is 1. The molecule has 0 spiro atoms. The summed E-state index contributed by atoms with van der Waals surface area (Å²) in [7, 11) is 0. The van der Waals surface area contributed by atoms with E-state index in [0.29, 0.717) is 48.7 Å². The molecule has 3 fully saturated rings. The van der Waals surface area contributed by atoms with E-state index in [4.69, 9.17) is 0 Å². The number of hydrogen-bond donors (Lipinski definition) is 1. The molecule has 3 heterocycles. The van der Waals surface area contributed by atoms with Gasteiger partial charge in [0, 0.05) is 43.7 Å². The van der Waals surface area contributed by atoms with Crippen LogP contribution in [0.4, 0.5) is 13.2 Å². The van der Waals surface area contributed by atoms with Crippen LogP contribution in [-0.4, -0.2) is 74.8 Å². The number of amides is 1. The highest BCUT2D eigenvalue weighted by atomic mass is 19.4. The highest BCUT2D eigenvalue weighted by Gasteiger charge is 2.39. The lowest BCUT2D eigenvalue weighted by Gasteiger charge is -2.38. The Morgan fingerprint density at radius 2 is 1.89 bits per heavy atom. The van der Waals surface area contributed by atoms with E-state index in [1.807, 2.05) is 4.90 Å². The molecular weight excluding hydrogens is 473 g/mol. The number of ether oxygens (including phenoxy) is 1. The molecule has 10 heteroatoms. The second kappa shape index (κ2) is 10.4. The Bertz CT molecular complexity index is 1050. The van der Waals surface area contributed by atoms with E-state index >= 15 is 0 Å². The summed E-state index contributed by atoms with van der Waals surface area (Å²) in [5, 5.41) is 14.6. The second-order valence-electron chi connectivity index (χ2n) is 10.0. The van der Waals surface area contributed by atoms with E-state index in [1.165, 1.54) is 6.08 Å². The fraction of sp³-hybridized carbons (Fsp3) is 0.615. The minimum Gasteiger partial charge on any atom is -0.406 e. The molecule has 0 aromatic carbocycles. The molecule has 3 aliphatic rings. The number of aromatic nitrogens is 2. The van der Waals surface area contributed by atoms with Crippen molar-refractivity contribution in [1.29, 1.82) is 0 Å². The van der Waals surface area contributed by atoms with Gasteiger partial charge in [-0.05, 0) is 59.0 Å². The van der Waals surface area contributed by atoms with E-state index in [0.717, 1.165) is 43.9 Å². The van der Waals surface area contributed by atoms with Gasteiger partial charge in [0.15, 0.2) is 0 Å². The molecule has 36 heavy (non-hydrogen) atoms. The number of aliphatic hydroxyl groups is 1. The monoisotopic (exact) mass is 508 g/mol. The zero-order valence-electron chi connectivity index (χ0n) is 21.1. The number of alkyl halides is 3. The van der Waals surface area contributed by atoms with Crippen LogP contribution in [-0.2, 0) is 4.74 Å². The van der Waals surface area contributed by atoms with Crippen molar-refractivity contribution < 1.29 is 27.8 Å². The van der Waals surface area contributed by atoms with Gasteiger partial charge in [-0.2, -0.15) is 5.10 Å². The van der Waals surface area contributed by atoms with Gasteiger partial charge < -0.3 is 14.7 Å². The van der Waals surface area contributed by atoms with Gasteiger partial charge in [0.05, 0.1) is 28.8 Å². The number of nitrogens with zero attached hydrogens (tertiary/aromatic N) is 4. The summed E-state index contributed by atoms with van der Waals surface area (Å²) < 4.78 is 44.0. The maximum Gasteiger partial charge on any atom is 0.573 e. The number of hydrogen-bond acceptors (Lipinski definition) is 5. The lowest BCUT2D eigenvalue weighted by atomic mass is 10.0. The van der Waals surface area contributed by atoms with Gasteiger partial charge in [0.1, 0.15) is 5.76 Å². The van der Waals surface area contributed by atoms with E-state index in [-0.39, 0.29) is 17.9 Å². The standard InChI is InChI=1S/C26H35F3N4O3/c1-5-19(14-22(6-2)36-26(27,28)29)33-24(18-7-8-18)23(17(4)30-33)25(35)31-11-9-20(10-12-31)32-15-21(34)13-16(32)3/h5-6,14,16,18,20-21,34H,2,7-13,15H2,1,3-4H3/b19-5+,22-14+/t16-,21-/m1/s1. The maximum atomic E-state index is 13.7. The third kappa shape index (κ3) is 5.70. The Balaban J connectivity index is 1.56. The molecule has 4 rings (SSSR count). The molecular formula is C26H35F3N4O3. The van der Waals surface area contributed by atoms with E-state index in [9.17, 15) is 23.1 Å². The summed E-state index contributed by atoms with van der Waals surface area (Å²) in [6.07, 6.45) is 3.03. The number of β-amino-alcohol motifs (C(OH)–C–C–N with tert-alkyl or cyclic N) is 1. The minimum atomic E-state index is -4.84. The van der Waals surface area contributed by atoms with Crippen molar-refractivity contribution in [3.05, 3.63) is 47.5 Å². The Kier molecular flexibility index (Phi) is 7.66. The molecule has 1 aromatic heterocycles. The molecule has 2 saturated heterocycles. The number of carbonyl (C=O) groups is 1. The first kappa shape index (κ1) is 26.5. The van der Waals surface area contributed by atoms with Crippen LogP contribution >= 0.6 is 0 Å². The van der Waals surface area contributed by atoms with Gasteiger partial charge in [-0.1, -0.05) is 12.7 Å². The Morgan fingerprint density at radius 3 is 2.39 bits per heavy atom. The van der Waals surface area contributed by atoms with Gasteiger partial charge in [-0.15, -0.1) is 13.2 Å². The molecule has 0 bridgehead atoms. The van der Waals surface area contributed by atoms with Crippen molar-refractivity contribution in [2.24, 2.45) is 0 Å². The minimum absolute atomic E-state index is 0.0801. The number of allylic oxidation sites excluding steroid dienone is 4. The van der Waals surface area contributed by atoms with Crippen molar-refractivity contribution in [2.75, 3.05) is 19.6 Å². The van der Waals surface area contributed by atoms with Crippen molar-refractivity contribution in [1.82, 2.24) is 19.6 Å². The first-order valence-electron chi connectivity index (χ1n) is 12.6. The van der Waals surface area contributed by atoms with Crippen LogP contribution in [0.15, 0.2) is 30.6 Å². The topological polar surface area (TPSA) is 70.8 Å². The van der Waals surface area contributed by atoms with Gasteiger partial charge >= 0.3 is 6.36 Å². The van der Waals surface area contributed by atoms with E-state index < -0.39 is 12.1 Å². The van der Waals surface area contributed by atoms with Crippen molar-refractivity contribution in [2.45, 2.75) is 83.3 Å². The fourth-order valence-corrected chi connectivity index (χ4v) is 5.51. The zero-order valence-corrected chi connectivity index (χ0v) is 21.1. The summed E-state index contributed by atoms with van der Waals surface area (Å²) >= 11 is 0. The summed E-state index contributed by atoms with van der Waals surface area (Å²) in [4.78, 5) is 17.9. The molecule has 0 unspecified atom stereocenters. The number of piperidine rings is 1. The highest BCUT2D eigenvalue weighted by Crippen LogP contribution is 2.44. The van der Waals surface area contributed by atoms with Crippen molar-refractivity contribution >= 4 is 11.6 Å². The zero-order chi connectivity index (χ0) is 26.2. The quantitative estimate of drug-likeness (QED) is 0.431. The van der Waals surface area contributed by atoms with Gasteiger partial charge in [0.2, 0.25) is 0 Å². The predicted molar refractivity (Wildman–Crippen MR) is 130 cm³/mol. The Morgan fingerprint density at radius 1 is 1.22 bits per heavy atom. The fourth-order valence-electron chi connectivity index (χ4n) is 5.51. The third-order valence-corrected chi connectivity index (χ3v) is 7.36. The Hall–Kier alpha value is -2.59. The summed E-state index contributed by atoms with van der Waals surface area (Å²) in [6, 6.07) is 0.682. The molecule has 0 radical (unpaired) electrons. The summed E-state index contributed by atoms with van der Waals surface area (Å²) in [6.45, 7) is 11.0. The molecule has 2 aliphatic heterocycles. The largest absolute Gasteiger partial charge is 0.573 e. The van der Waals surface area contributed by atoms with Crippen LogP contribution in [0.2, 0.25) is 0 Å². The average Bonchev–Trinajstić information content (AvgIpc) is 3.52. The van der Waals surface area contributed by atoms with Gasteiger partial charge in [0.25, 0.3) is 5.91 Å². The lowest BCUT2D eigenvalue weighted by Crippen LogP contribution is -2.48. The normalized spacial score (nSPS) is 24.9. The highest BCUT2D eigenvalue weighted by molar-refractivity contribution is 5.97. The first-order chi connectivity index (χ1) is 17.0. The molecule has 198 valence electrons. The summed E-state index contributed by atoms with van der Waals surface area (Å²) in [5.41, 5.74) is 2.24. The van der Waals surface area contributed by atoms with Crippen LogP contribution in [0.5, 0.6) is 0 Å². The number of carbonyl (C=O) groups excluding carboxylic acids is 1. The molecule has 1 aliphatic carbocycles. The van der Waals surface area contributed by atoms with Crippen LogP contribution < -0.4 is 0 Å². The molecule has 1 N–H and O–H groups in total. The van der Waals surface area contributed by atoms with Crippen LogP contribution in [0, 0.1) is 6.92 Å². The van der Waals surface area contributed by atoms with E-state index in [2.05, 4.69) is 28.2 Å². The maximum absolute atomic E-state index is 13.7. The molecule has 7 nitrogen and oxygen atoms in total. The SMILES string of the molecule is C=C/C(=C\C(=C/C)n1nc(C)c(C(=O)N2CCC(N3C[C@H](O)C[C@H]3C)CC2)c1C1CC1)OC(F)(F)F. The second-order valence-corrected chi connectivity index (χ2v) is 10.0. The van der Waals surface area contributed by atoms with E-state index in [1.54, 1.807) is 24.6 Å². The average molecular weight is 509 g/mol. The lowest BCUT2D eigenvalue weighted by molar-refractivity contribution is -0.303. The molecule has 1 aromatic rings. The third-order valence-electron chi connectivity index (χ3n) is 7.36. The number of rotatable bonds is 7. The van der Waals surface area contributed by atoms with Crippen LogP contribution in [0.1, 0.15) is 73.6 Å². The summed E-state index contributed by atoms with van der Waals surface area (Å²) in [5.74, 6) is -0.390. The number of halogens is 3.